The van der Waals surface area contributed by atoms with Crippen LogP contribution in [0.1, 0.15) is 77.6 Å². The average Bonchev–Trinajstić information content (AvgIpc) is 2.81. The standard InChI is InChI=1S/C28H39N3O2/c1-2-18-10-19-12-20(11-18)14-24(13-19)31-21-6-5-7-22(31)16-23(15-21)30-17-26(28(32)33)29-25-8-3-4-9-27(25)30/h3-4,8-9,18-24H,2,5-7,10-17H2,1H3,(H,32,33)/t18?,19-,20+,21-,22+,23?,24?. The minimum Gasteiger partial charge on any atom is -0.477 e. The smallest absolute Gasteiger partial charge is 0.352 e. The van der Waals surface area contributed by atoms with E-state index in [1.165, 1.54) is 70.6 Å². The highest BCUT2D eigenvalue weighted by Gasteiger charge is 2.47. The molecule has 2 saturated heterocycles. The highest BCUT2D eigenvalue weighted by Crippen LogP contribution is 2.49. The molecule has 0 spiro atoms. The summed E-state index contributed by atoms with van der Waals surface area (Å²) in [6.07, 6.45) is 15.0. The minimum absolute atomic E-state index is 0.284. The van der Waals surface area contributed by atoms with Gasteiger partial charge in [0.05, 0.1) is 17.9 Å². The molecule has 1 aromatic carbocycles. The molecule has 7 atom stereocenters. The number of para-hydroxylation sites is 2. The van der Waals surface area contributed by atoms with Crippen LogP contribution in [0.15, 0.2) is 29.3 Å². The Labute approximate surface area is 198 Å². The van der Waals surface area contributed by atoms with Crippen molar-refractivity contribution >= 4 is 23.1 Å². The fraction of sp³-hybridized carbons (Fsp3) is 0.714. The molecule has 33 heavy (non-hydrogen) atoms. The van der Waals surface area contributed by atoms with Crippen molar-refractivity contribution in [3.8, 4) is 0 Å². The molecule has 5 heteroatoms. The third-order valence-corrected chi connectivity index (χ3v) is 9.67. The number of carbonyl (C=O) groups is 1. The molecule has 4 fully saturated rings. The minimum atomic E-state index is -0.883. The molecule has 0 aromatic heterocycles. The van der Waals surface area contributed by atoms with Gasteiger partial charge in [0, 0.05) is 24.2 Å². The van der Waals surface area contributed by atoms with E-state index in [2.05, 4.69) is 33.8 Å². The van der Waals surface area contributed by atoms with Crippen molar-refractivity contribution in [2.24, 2.45) is 22.7 Å². The Morgan fingerprint density at radius 1 is 0.939 bits per heavy atom. The van der Waals surface area contributed by atoms with Gasteiger partial charge in [-0.2, -0.15) is 0 Å². The number of hydrogen-bond acceptors (Lipinski definition) is 4. The molecular weight excluding hydrogens is 410 g/mol. The molecule has 3 heterocycles. The van der Waals surface area contributed by atoms with Crippen molar-refractivity contribution in [2.45, 2.75) is 102 Å². The lowest BCUT2D eigenvalue weighted by Crippen LogP contribution is -2.62. The average molecular weight is 450 g/mol. The van der Waals surface area contributed by atoms with Gasteiger partial charge in [0.25, 0.3) is 0 Å². The van der Waals surface area contributed by atoms with Gasteiger partial charge in [-0.05, 0) is 87.7 Å². The van der Waals surface area contributed by atoms with Crippen LogP contribution in [0.3, 0.4) is 0 Å². The van der Waals surface area contributed by atoms with Gasteiger partial charge in [0.2, 0.25) is 0 Å². The highest BCUT2D eigenvalue weighted by molar-refractivity contribution is 6.38. The second kappa shape index (κ2) is 8.72. The lowest BCUT2D eigenvalue weighted by atomic mass is 9.64. The van der Waals surface area contributed by atoms with E-state index in [9.17, 15) is 9.90 Å². The van der Waals surface area contributed by atoms with Crippen LogP contribution in [0.5, 0.6) is 0 Å². The van der Waals surface area contributed by atoms with E-state index in [-0.39, 0.29) is 5.71 Å². The quantitative estimate of drug-likeness (QED) is 0.645. The zero-order chi connectivity index (χ0) is 22.5. The van der Waals surface area contributed by atoms with Gasteiger partial charge < -0.3 is 10.0 Å². The van der Waals surface area contributed by atoms with E-state index in [4.69, 9.17) is 0 Å². The maximum absolute atomic E-state index is 11.8. The predicted molar refractivity (Wildman–Crippen MR) is 132 cm³/mol. The lowest BCUT2D eigenvalue weighted by Gasteiger charge is -2.57. The Morgan fingerprint density at radius 2 is 1.64 bits per heavy atom. The van der Waals surface area contributed by atoms with E-state index >= 15 is 0 Å². The topological polar surface area (TPSA) is 56.1 Å². The molecule has 0 amide bonds. The molecule has 2 aliphatic carbocycles. The first-order valence-corrected chi connectivity index (χ1v) is 13.5. The molecule has 5 aliphatic rings. The summed E-state index contributed by atoms with van der Waals surface area (Å²) in [5, 5.41) is 9.70. The molecule has 3 unspecified atom stereocenters. The maximum atomic E-state index is 11.8. The van der Waals surface area contributed by atoms with Gasteiger partial charge in [-0.1, -0.05) is 31.9 Å². The third-order valence-electron chi connectivity index (χ3n) is 9.67. The maximum Gasteiger partial charge on any atom is 0.352 e. The number of rotatable bonds is 4. The van der Waals surface area contributed by atoms with Crippen LogP contribution >= 0.6 is 0 Å². The van der Waals surface area contributed by atoms with Crippen LogP contribution < -0.4 is 4.90 Å². The summed E-state index contributed by atoms with van der Waals surface area (Å²) in [5.74, 6) is 2.00. The second-order valence-electron chi connectivity index (χ2n) is 11.6. The summed E-state index contributed by atoms with van der Waals surface area (Å²) >= 11 is 0. The number of benzene rings is 1. The largest absolute Gasteiger partial charge is 0.477 e. The van der Waals surface area contributed by atoms with Crippen molar-refractivity contribution < 1.29 is 9.90 Å². The van der Waals surface area contributed by atoms with E-state index in [0.29, 0.717) is 24.7 Å². The summed E-state index contributed by atoms with van der Waals surface area (Å²) < 4.78 is 0. The zero-order valence-electron chi connectivity index (χ0n) is 20.0. The molecule has 1 N–H and O–H groups in total. The molecule has 4 bridgehead atoms. The van der Waals surface area contributed by atoms with Crippen LogP contribution in [0, 0.1) is 17.8 Å². The number of carboxylic acids is 1. The molecule has 5 nitrogen and oxygen atoms in total. The first-order valence-electron chi connectivity index (χ1n) is 13.5. The Balaban J connectivity index is 1.22. The monoisotopic (exact) mass is 449 g/mol. The first kappa shape index (κ1) is 21.6. The van der Waals surface area contributed by atoms with Gasteiger partial charge >= 0.3 is 5.97 Å². The van der Waals surface area contributed by atoms with Gasteiger partial charge in [0.1, 0.15) is 5.71 Å². The lowest BCUT2D eigenvalue weighted by molar-refractivity contribution is -0.129. The number of aliphatic carboxylic acids is 1. The van der Waals surface area contributed by atoms with Gasteiger partial charge in [0.15, 0.2) is 0 Å². The van der Waals surface area contributed by atoms with E-state index in [1.807, 2.05) is 12.1 Å². The number of aliphatic imine (C=N–C) groups is 1. The summed E-state index contributed by atoms with van der Waals surface area (Å²) in [6.45, 7) is 2.82. The van der Waals surface area contributed by atoms with Crippen LogP contribution in [0.25, 0.3) is 0 Å². The van der Waals surface area contributed by atoms with Gasteiger partial charge in [-0.25, -0.2) is 9.79 Å². The van der Waals surface area contributed by atoms with Crippen LogP contribution in [0.4, 0.5) is 11.4 Å². The molecule has 1 aromatic rings. The summed E-state index contributed by atoms with van der Waals surface area (Å²) in [5.41, 5.74) is 2.23. The Kier molecular flexibility index (Phi) is 5.72. The molecule has 3 aliphatic heterocycles. The van der Waals surface area contributed by atoms with Crippen molar-refractivity contribution in [1.82, 2.24) is 4.90 Å². The number of nitrogens with zero attached hydrogens (tertiary/aromatic N) is 3. The fourth-order valence-corrected chi connectivity index (χ4v) is 8.44. The van der Waals surface area contributed by atoms with Crippen LogP contribution in [0.2, 0.25) is 0 Å². The summed E-state index contributed by atoms with van der Waals surface area (Å²) in [7, 11) is 0. The van der Waals surface area contributed by atoms with Gasteiger partial charge in [-0.3, -0.25) is 4.90 Å². The van der Waals surface area contributed by atoms with Gasteiger partial charge in [-0.15, -0.1) is 0 Å². The van der Waals surface area contributed by atoms with E-state index in [0.717, 1.165) is 35.2 Å². The molecular formula is C28H39N3O2. The van der Waals surface area contributed by atoms with Crippen molar-refractivity contribution in [3.63, 3.8) is 0 Å². The summed E-state index contributed by atoms with van der Waals surface area (Å²) in [4.78, 5) is 21.7. The second-order valence-corrected chi connectivity index (χ2v) is 11.6. The number of anilines is 1. The number of piperidine rings is 2. The van der Waals surface area contributed by atoms with Crippen molar-refractivity contribution in [3.05, 3.63) is 24.3 Å². The van der Waals surface area contributed by atoms with Crippen molar-refractivity contribution in [1.29, 1.82) is 0 Å². The highest BCUT2D eigenvalue weighted by atomic mass is 16.4. The summed E-state index contributed by atoms with van der Waals surface area (Å²) in [6, 6.07) is 10.6. The third kappa shape index (κ3) is 4.00. The Bertz CT molecular complexity index is 901. The first-order chi connectivity index (χ1) is 16.1. The SMILES string of the molecule is CCC1C[C@@H]2CC(N3[C@@H]4CCC[C@H]3CC(N3CC(C(=O)O)=Nc5ccccc53)C4)C[C@H](C1)C2. The molecule has 0 radical (unpaired) electrons. The Morgan fingerprint density at radius 3 is 2.30 bits per heavy atom. The molecule has 2 saturated carbocycles. The van der Waals surface area contributed by atoms with E-state index in [1.54, 1.807) is 0 Å². The zero-order valence-corrected chi connectivity index (χ0v) is 20.0. The van der Waals surface area contributed by atoms with Crippen LogP contribution in [-0.4, -0.2) is 52.4 Å². The number of fused-ring (bicyclic) bond motifs is 5. The Hall–Kier alpha value is -1.88. The van der Waals surface area contributed by atoms with Crippen molar-refractivity contribution in [2.75, 3.05) is 11.4 Å². The molecule has 178 valence electrons. The predicted octanol–water partition coefficient (Wildman–Crippen LogP) is 5.65. The molecule has 6 rings (SSSR count). The fourth-order valence-electron chi connectivity index (χ4n) is 8.44. The van der Waals surface area contributed by atoms with Crippen LogP contribution in [-0.2, 0) is 4.79 Å². The van der Waals surface area contributed by atoms with E-state index < -0.39 is 5.97 Å². The number of carboxylic acid groups (broad SMARTS) is 1. The number of hydrogen-bond donors (Lipinski definition) is 1. The normalized spacial score (nSPS) is 38.4.